The van der Waals surface area contributed by atoms with Crippen LogP contribution in [0.15, 0.2) is 30.7 Å². The van der Waals surface area contributed by atoms with E-state index in [0.717, 1.165) is 45.8 Å². The standard InChI is InChI=1S/C18H26N6.4C2HF3O2/c1-21-6-8-22(9-7-21)14-17-12-20-18-15-23(10-11-24(17)18)13-16-2-4-19-5-3-16;4*3-2(4,5)1(6)7/h2-5,12H,6-11,13-15H2,1H3;4*(H,6,7). The van der Waals surface area contributed by atoms with E-state index in [1.54, 1.807) is 0 Å². The molecule has 2 aromatic rings. The molecule has 4 rings (SSSR count). The van der Waals surface area contributed by atoms with Gasteiger partial charge in [0.05, 0.1) is 12.2 Å². The summed E-state index contributed by atoms with van der Waals surface area (Å²) in [6.07, 6.45) is -14.5. The molecular weight excluding hydrogens is 752 g/mol. The molecule has 296 valence electrons. The van der Waals surface area contributed by atoms with E-state index in [4.69, 9.17) is 44.6 Å². The Morgan fingerprint density at radius 3 is 1.35 bits per heavy atom. The van der Waals surface area contributed by atoms with Gasteiger partial charge in [-0.2, -0.15) is 52.7 Å². The maximum absolute atomic E-state index is 10.6. The molecule has 0 aromatic carbocycles. The summed E-state index contributed by atoms with van der Waals surface area (Å²) >= 11 is 0. The molecule has 4 heterocycles. The highest BCUT2D eigenvalue weighted by molar-refractivity contribution is 5.74. The third kappa shape index (κ3) is 19.6. The molecule has 0 atom stereocenters. The van der Waals surface area contributed by atoms with E-state index in [1.807, 2.05) is 12.4 Å². The number of piperazine rings is 1. The van der Waals surface area contributed by atoms with Crippen LogP contribution < -0.4 is 0 Å². The predicted octanol–water partition coefficient (Wildman–Crippen LogP) is 3.57. The smallest absolute Gasteiger partial charge is 0.475 e. The molecule has 0 aliphatic carbocycles. The van der Waals surface area contributed by atoms with Crippen LogP contribution in [0.3, 0.4) is 0 Å². The molecule has 0 spiro atoms. The van der Waals surface area contributed by atoms with E-state index >= 15 is 0 Å². The van der Waals surface area contributed by atoms with Gasteiger partial charge in [0.25, 0.3) is 0 Å². The molecule has 2 aliphatic heterocycles. The van der Waals surface area contributed by atoms with Gasteiger partial charge in [-0.15, -0.1) is 0 Å². The van der Waals surface area contributed by atoms with Gasteiger partial charge in [-0.25, -0.2) is 24.2 Å². The van der Waals surface area contributed by atoms with Crippen LogP contribution in [0.4, 0.5) is 52.7 Å². The van der Waals surface area contributed by atoms with Crippen molar-refractivity contribution >= 4 is 23.9 Å². The molecule has 2 aliphatic rings. The summed E-state index contributed by atoms with van der Waals surface area (Å²) in [6.45, 7) is 9.72. The monoisotopic (exact) mass is 782 g/mol. The van der Waals surface area contributed by atoms with Gasteiger partial charge in [0.1, 0.15) is 5.82 Å². The minimum absolute atomic E-state index is 0.936. The number of carboxylic acid groups (broad SMARTS) is 4. The molecule has 0 amide bonds. The highest BCUT2D eigenvalue weighted by Crippen LogP contribution is 2.19. The average Bonchev–Trinajstić information content (AvgIpc) is 3.40. The van der Waals surface area contributed by atoms with Gasteiger partial charge in [0, 0.05) is 70.9 Å². The van der Waals surface area contributed by atoms with Gasteiger partial charge in [-0.05, 0) is 24.7 Å². The van der Waals surface area contributed by atoms with E-state index in [0.29, 0.717) is 0 Å². The average molecular weight is 783 g/mol. The number of alkyl halides is 12. The summed E-state index contributed by atoms with van der Waals surface area (Å²) in [6, 6.07) is 4.19. The summed E-state index contributed by atoms with van der Waals surface area (Å²) in [5, 5.41) is 28.5. The molecule has 1 fully saturated rings. The van der Waals surface area contributed by atoms with Crippen molar-refractivity contribution < 1.29 is 92.3 Å². The van der Waals surface area contributed by atoms with Gasteiger partial charge in [-0.3, -0.25) is 14.8 Å². The number of rotatable bonds is 4. The summed E-state index contributed by atoms with van der Waals surface area (Å²) in [5.74, 6) is -9.82. The van der Waals surface area contributed by atoms with Crippen molar-refractivity contribution in [3.05, 3.63) is 47.8 Å². The Kier molecular flexibility index (Phi) is 18.5. The van der Waals surface area contributed by atoms with Crippen molar-refractivity contribution in [3.8, 4) is 0 Å². The van der Waals surface area contributed by atoms with Crippen molar-refractivity contribution in [2.75, 3.05) is 39.8 Å². The second-order valence-corrected chi connectivity index (χ2v) is 10.2. The normalized spacial score (nSPS) is 15.4. The third-order valence-corrected chi connectivity index (χ3v) is 6.13. The first-order valence-corrected chi connectivity index (χ1v) is 13.8. The van der Waals surface area contributed by atoms with Gasteiger partial charge >= 0.3 is 48.6 Å². The topological polar surface area (TPSA) is 190 Å². The number of carboxylic acids is 4. The number of likely N-dealkylation sites (N-methyl/N-ethyl adjacent to an activating group) is 1. The van der Waals surface area contributed by atoms with E-state index < -0.39 is 48.6 Å². The van der Waals surface area contributed by atoms with E-state index in [9.17, 15) is 52.7 Å². The number of fused-ring (bicyclic) bond motifs is 1. The van der Waals surface area contributed by atoms with Gasteiger partial charge < -0.3 is 29.9 Å². The van der Waals surface area contributed by atoms with Crippen molar-refractivity contribution in [3.63, 3.8) is 0 Å². The minimum atomic E-state index is -5.08. The number of pyridine rings is 1. The Balaban J connectivity index is 0.000000764. The summed E-state index contributed by atoms with van der Waals surface area (Å²) in [4.78, 5) is 51.8. The molecule has 1 saturated heterocycles. The van der Waals surface area contributed by atoms with Crippen molar-refractivity contribution in [2.24, 2.45) is 0 Å². The van der Waals surface area contributed by atoms with Crippen LogP contribution in [0, 0.1) is 0 Å². The molecule has 14 nitrogen and oxygen atoms in total. The Bertz CT molecular complexity index is 1330. The lowest BCUT2D eigenvalue weighted by Crippen LogP contribution is -2.44. The zero-order valence-electron chi connectivity index (χ0n) is 26.4. The number of hydrogen-bond acceptors (Lipinski definition) is 9. The molecule has 26 heteroatoms. The number of nitrogens with zero attached hydrogens (tertiary/aromatic N) is 6. The molecule has 4 N–H and O–H groups in total. The van der Waals surface area contributed by atoms with Crippen LogP contribution in [0.2, 0.25) is 0 Å². The zero-order valence-corrected chi connectivity index (χ0v) is 26.4. The van der Waals surface area contributed by atoms with Crippen LogP contribution in [0.1, 0.15) is 17.1 Å². The number of aromatic nitrogens is 3. The molecule has 0 radical (unpaired) electrons. The highest BCUT2D eigenvalue weighted by Gasteiger charge is 2.40. The molecular formula is C26H30F12N6O8. The summed E-state index contributed by atoms with van der Waals surface area (Å²) in [5.41, 5.74) is 2.70. The predicted molar refractivity (Wildman–Crippen MR) is 148 cm³/mol. The molecule has 52 heavy (non-hydrogen) atoms. The van der Waals surface area contributed by atoms with Gasteiger partial charge in [0.2, 0.25) is 0 Å². The Hall–Kier alpha value is -4.72. The minimum Gasteiger partial charge on any atom is -0.475 e. The number of hydrogen-bond donors (Lipinski definition) is 4. The Morgan fingerprint density at radius 1 is 0.615 bits per heavy atom. The van der Waals surface area contributed by atoms with Crippen LogP contribution >= 0.6 is 0 Å². The van der Waals surface area contributed by atoms with Crippen LogP contribution in [0.25, 0.3) is 0 Å². The maximum Gasteiger partial charge on any atom is 0.490 e. The largest absolute Gasteiger partial charge is 0.490 e. The van der Waals surface area contributed by atoms with E-state index in [2.05, 4.69) is 49.6 Å². The van der Waals surface area contributed by atoms with Crippen LogP contribution in [-0.4, -0.2) is 138 Å². The molecule has 0 bridgehead atoms. The quantitative estimate of drug-likeness (QED) is 0.330. The molecule has 0 unspecified atom stereocenters. The first kappa shape index (κ1) is 47.3. The lowest BCUT2D eigenvalue weighted by atomic mass is 10.2. The first-order valence-electron chi connectivity index (χ1n) is 13.8. The summed E-state index contributed by atoms with van der Waals surface area (Å²) < 4.78 is 129. The van der Waals surface area contributed by atoms with Gasteiger partial charge in [0.15, 0.2) is 0 Å². The fourth-order valence-electron chi connectivity index (χ4n) is 3.62. The molecule has 0 saturated carbocycles. The van der Waals surface area contributed by atoms with Crippen LogP contribution in [-0.2, 0) is 45.4 Å². The van der Waals surface area contributed by atoms with Crippen molar-refractivity contribution in [1.82, 2.24) is 29.2 Å². The van der Waals surface area contributed by atoms with Crippen LogP contribution in [0.5, 0.6) is 0 Å². The van der Waals surface area contributed by atoms with Gasteiger partial charge in [-0.1, -0.05) is 0 Å². The Morgan fingerprint density at radius 2 is 0.981 bits per heavy atom. The van der Waals surface area contributed by atoms with Crippen molar-refractivity contribution in [1.29, 1.82) is 0 Å². The van der Waals surface area contributed by atoms with E-state index in [1.165, 1.54) is 30.2 Å². The fourth-order valence-corrected chi connectivity index (χ4v) is 3.62. The first-order chi connectivity index (χ1) is 23.5. The number of halogens is 12. The maximum atomic E-state index is 10.6. The second-order valence-electron chi connectivity index (χ2n) is 10.2. The highest BCUT2D eigenvalue weighted by atomic mass is 19.4. The zero-order chi connectivity index (χ0) is 40.7. The number of carbonyl (C=O) groups is 4. The van der Waals surface area contributed by atoms with E-state index in [-0.39, 0.29) is 0 Å². The number of aliphatic carboxylic acids is 4. The Labute approximate surface area is 284 Å². The number of imidazole rings is 1. The lowest BCUT2D eigenvalue weighted by Gasteiger charge is -2.33. The third-order valence-electron chi connectivity index (χ3n) is 6.13. The fraction of sp³-hybridized carbons (Fsp3) is 0.538. The van der Waals surface area contributed by atoms with Crippen molar-refractivity contribution in [2.45, 2.75) is 50.9 Å². The lowest BCUT2D eigenvalue weighted by molar-refractivity contribution is -0.193. The second kappa shape index (κ2) is 20.4. The molecule has 2 aromatic heterocycles. The SMILES string of the molecule is CN1CCN(Cc2cnc3n2CCN(Cc2ccncc2)C3)CC1.O=C(O)C(F)(F)F.O=C(O)C(F)(F)F.O=C(O)C(F)(F)F.O=C(O)C(F)(F)F. The summed E-state index contributed by atoms with van der Waals surface area (Å²) in [7, 11) is 2.20.